The second-order valence-electron chi connectivity index (χ2n) is 4.88. The van der Waals surface area contributed by atoms with Gasteiger partial charge in [-0.15, -0.1) is 0 Å². The van der Waals surface area contributed by atoms with E-state index in [1.54, 1.807) is 0 Å². The molecule has 2 aromatic carbocycles. The summed E-state index contributed by atoms with van der Waals surface area (Å²) in [5.74, 6) is 0. The third-order valence-electron chi connectivity index (χ3n) is 3.28. The molecular formula is C16H19NO. The molecular weight excluding hydrogens is 222 g/mol. The first-order chi connectivity index (χ1) is 8.51. The zero-order valence-corrected chi connectivity index (χ0v) is 11.1. The second-order valence-corrected chi connectivity index (χ2v) is 4.88. The van der Waals surface area contributed by atoms with E-state index in [9.17, 15) is 5.11 Å². The number of aliphatic hydroxyl groups is 1. The highest BCUT2D eigenvalue weighted by Gasteiger charge is 2.24. The largest absolute Gasteiger partial charge is 0.381 e. The normalized spacial score (nSPS) is 14.0. The average molecular weight is 241 g/mol. The zero-order valence-electron chi connectivity index (χ0n) is 11.1. The Balaban J connectivity index is 2.36. The molecule has 94 valence electrons. The highest BCUT2D eigenvalue weighted by molar-refractivity contribution is 5.48. The molecule has 2 rings (SSSR count). The predicted molar refractivity (Wildman–Crippen MR) is 75.9 cm³/mol. The molecule has 0 radical (unpaired) electrons. The molecule has 1 unspecified atom stereocenters. The highest BCUT2D eigenvalue weighted by Crippen LogP contribution is 2.29. The second kappa shape index (κ2) is 4.83. The maximum Gasteiger partial charge on any atom is 0.112 e. The van der Waals surface area contributed by atoms with Gasteiger partial charge in [-0.05, 0) is 30.2 Å². The number of hydrogen-bond donors (Lipinski definition) is 1. The summed E-state index contributed by atoms with van der Waals surface area (Å²) >= 11 is 0. The molecule has 0 aliphatic carbocycles. The average Bonchev–Trinajstić information content (AvgIpc) is 2.40. The zero-order chi connectivity index (χ0) is 13.2. The Labute approximate surface area is 109 Å². The van der Waals surface area contributed by atoms with Gasteiger partial charge < -0.3 is 10.0 Å². The molecule has 0 amide bonds. The summed E-state index contributed by atoms with van der Waals surface area (Å²) in [5.41, 5.74) is 1.98. The summed E-state index contributed by atoms with van der Waals surface area (Å²) in [5, 5.41) is 10.7. The highest BCUT2D eigenvalue weighted by atomic mass is 16.3. The third kappa shape index (κ3) is 2.39. The van der Waals surface area contributed by atoms with Crippen LogP contribution in [0.15, 0.2) is 54.6 Å². The SMILES string of the molecule is CN(C)c1ccc(C(C)(O)c2ccccc2)cc1. The predicted octanol–water partition coefficient (Wildman–Crippen LogP) is 3.01. The molecule has 0 aliphatic heterocycles. The van der Waals surface area contributed by atoms with Crippen molar-refractivity contribution in [3.8, 4) is 0 Å². The van der Waals surface area contributed by atoms with Gasteiger partial charge in [0.15, 0.2) is 0 Å². The van der Waals surface area contributed by atoms with Crippen LogP contribution in [0.25, 0.3) is 0 Å². The van der Waals surface area contributed by atoms with E-state index < -0.39 is 5.60 Å². The Kier molecular flexibility index (Phi) is 3.39. The lowest BCUT2D eigenvalue weighted by molar-refractivity contribution is 0.102. The first-order valence-corrected chi connectivity index (χ1v) is 6.07. The Morgan fingerprint density at radius 1 is 0.833 bits per heavy atom. The van der Waals surface area contributed by atoms with E-state index in [0.717, 1.165) is 16.8 Å². The van der Waals surface area contributed by atoms with Gasteiger partial charge in [0.2, 0.25) is 0 Å². The quantitative estimate of drug-likeness (QED) is 0.893. The molecule has 2 aromatic rings. The minimum Gasteiger partial charge on any atom is -0.381 e. The molecule has 2 nitrogen and oxygen atoms in total. The van der Waals surface area contributed by atoms with Gasteiger partial charge in [0.1, 0.15) is 5.60 Å². The van der Waals surface area contributed by atoms with Crippen molar-refractivity contribution < 1.29 is 5.11 Å². The van der Waals surface area contributed by atoms with Gasteiger partial charge in [0, 0.05) is 19.8 Å². The van der Waals surface area contributed by atoms with Gasteiger partial charge in [-0.1, -0.05) is 42.5 Å². The van der Waals surface area contributed by atoms with Crippen LogP contribution < -0.4 is 4.90 Å². The van der Waals surface area contributed by atoms with Crippen LogP contribution in [0.5, 0.6) is 0 Å². The fourth-order valence-electron chi connectivity index (χ4n) is 2.01. The topological polar surface area (TPSA) is 23.5 Å². The molecule has 0 fully saturated rings. The van der Waals surface area contributed by atoms with Crippen LogP contribution >= 0.6 is 0 Å². The lowest BCUT2D eigenvalue weighted by Crippen LogP contribution is -2.22. The number of benzene rings is 2. The summed E-state index contributed by atoms with van der Waals surface area (Å²) in [4.78, 5) is 2.04. The van der Waals surface area contributed by atoms with Crippen LogP contribution in [0.3, 0.4) is 0 Å². The fourth-order valence-corrected chi connectivity index (χ4v) is 2.01. The van der Waals surface area contributed by atoms with E-state index in [0.29, 0.717) is 0 Å². The van der Waals surface area contributed by atoms with Gasteiger partial charge in [-0.25, -0.2) is 0 Å². The van der Waals surface area contributed by atoms with Gasteiger partial charge in [0.05, 0.1) is 0 Å². The Hall–Kier alpha value is -1.80. The van der Waals surface area contributed by atoms with Gasteiger partial charge in [-0.2, -0.15) is 0 Å². The van der Waals surface area contributed by atoms with E-state index in [-0.39, 0.29) is 0 Å². The van der Waals surface area contributed by atoms with E-state index in [1.165, 1.54) is 0 Å². The smallest absolute Gasteiger partial charge is 0.112 e. The minimum absolute atomic E-state index is 0.902. The number of hydrogen-bond acceptors (Lipinski definition) is 2. The lowest BCUT2D eigenvalue weighted by Gasteiger charge is -2.25. The first-order valence-electron chi connectivity index (χ1n) is 6.07. The summed E-state index contributed by atoms with van der Waals surface area (Å²) in [6, 6.07) is 17.7. The molecule has 0 aromatic heterocycles. The standard InChI is InChI=1S/C16H19NO/c1-16(18,13-7-5-4-6-8-13)14-9-11-15(12-10-14)17(2)3/h4-12,18H,1-3H3. The van der Waals surface area contributed by atoms with Crippen LogP contribution in [0.4, 0.5) is 5.69 Å². The summed E-state index contributed by atoms with van der Waals surface area (Å²) in [6.45, 7) is 1.83. The Morgan fingerprint density at radius 2 is 1.33 bits per heavy atom. The van der Waals surface area contributed by atoms with E-state index in [1.807, 2.05) is 80.5 Å². The molecule has 18 heavy (non-hydrogen) atoms. The molecule has 1 atom stereocenters. The maximum atomic E-state index is 10.7. The molecule has 2 heteroatoms. The van der Waals surface area contributed by atoms with Crippen LogP contribution in [0, 0.1) is 0 Å². The first kappa shape index (κ1) is 12.7. The number of rotatable bonds is 3. The molecule has 0 heterocycles. The van der Waals surface area contributed by atoms with Crippen LogP contribution in [0.2, 0.25) is 0 Å². The van der Waals surface area contributed by atoms with Crippen molar-refractivity contribution in [2.24, 2.45) is 0 Å². The van der Waals surface area contributed by atoms with Gasteiger partial charge >= 0.3 is 0 Å². The molecule has 0 saturated heterocycles. The van der Waals surface area contributed by atoms with Crippen molar-refractivity contribution in [1.29, 1.82) is 0 Å². The van der Waals surface area contributed by atoms with Crippen molar-refractivity contribution in [2.45, 2.75) is 12.5 Å². The maximum absolute atomic E-state index is 10.7. The van der Waals surface area contributed by atoms with Crippen molar-refractivity contribution in [1.82, 2.24) is 0 Å². The van der Waals surface area contributed by atoms with Gasteiger partial charge in [-0.3, -0.25) is 0 Å². The Bertz CT molecular complexity index is 500. The number of anilines is 1. The van der Waals surface area contributed by atoms with Crippen LogP contribution in [-0.4, -0.2) is 19.2 Å². The summed E-state index contributed by atoms with van der Waals surface area (Å²) in [6.07, 6.45) is 0. The number of nitrogens with zero attached hydrogens (tertiary/aromatic N) is 1. The summed E-state index contributed by atoms with van der Waals surface area (Å²) in [7, 11) is 4.01. The molecule has 0 aliphatic rings. The Morgan fingerprint density at radius 3 is 1.83 bits per heavy atom. The fraction of sp³-hybridized carbons (Fsp3) is 0.250. The van der Waals surface area contributed by atoms with Crippen LogP contribution in [0.1, 0.15) is 18.1 Å². The molecule has 0 spiro atoms. The molecule has 0 saturated carbocycles. The van der Waals surface area contributed by atoms with Crippen molar-refractivity contribution >= 4 is 5.69 Å². The monoisotopic (exact) mass is 241 g/mol. The summed E-state index contributed by atoms with van der Waals surface area (Å²) < 4.78 is 0. The molecule has 1 N–H and O–H groups in total. The van der Waals surface area contributed by atoms with Gasteiger partial charge in [0.25, 0.3) is 0 Å². The van der Waals surface area contributed by atoms with E-state index in [2.05, 4.69) is 0 Å². The lowest BCUT2D eigenvalue weighted by atomic mass is 9.88. The van der Waals surface area contributed by atoms with Crippen molar-refractivity contribution in [3.05, 3.63) is 65.7 Å². The van der Waals surface area contributed by atoms with E-state index in [4.69, 9.17) is 0 Å². The van der Waals surface area contributed by atoms with E-state index >= 15 is 0 Å². The molecule has 0 bridgehead atoms. The van der Waals surface area contributed by atoms with Crippen molar-refractivity contribution in [2.75, 3.05) is 19.0 Å². The van der Waals surface area contributed by atoms with Crippen molar-refractivity contribution in [3.63, 3.8) is 0 Å². The third-order valence-corrected chi connectivity index (χ3v) is 3.28. The van der Waals surface area contributed by atoms with Crippen LogP contribution in [-0.2, 0) is 5.60 Å². The minimum atomic E-state index is -0.952.